The number of esters is 1. The van der Waals surface area contributed by atoms with Crippen molar-refractivity contribution in [1.82, 2.24) is 34.9 Å². The minimum atomic E-state index is -4.69. The van der Waals surface area contributed by atoms with E-state index in [1.807, 2.05) is 12.1 Å². The van der Waals surface area contributed by atoms with Crippen LogP contribution in [0, 0.1) is 0 Å². The molecule has 2 aromatic heterocycles. The van der Waals surface area contributed by atoms with Gasteiger partial charge >= 0.3 is 5.97 Å². The number of sulfonamides is 1. The van der Waals surface area contributed by atoms with Crippen molar-refractivity contribution >= 4 is 36.9 Å². The lowest BCUT2D eigenvalue weighted by atomic mass is 9.98. The first-order chi connectivity index (χ1) is 25.8. The van der Waals surface area contributed by atoms with E-state index in [0.29, 0.717) is 28.1 Å². The van der Waals surface area contributed by atoms with Crippen LogP contribution in [0.25, 0.3) is 33.5 Å². The van der Waals surface area contributed by atoms with Crippen molar-refractivity contribution < 1.29 is 35.8 Å². The lowest BCUT2D eigenvalue weighted by Crippen LogP contribution is -2.30. The lowest BCUT2D eigenvalue weighted by Gasteiger charge is -2.19. The summed E-state index contributed by atoms with van der Waals surface area (Å²) in [6.07, 6.45) is 0. The van der Waals surface area contributed by atoms with Crippen LogP contribution in [0.4, 0.5) is 0 Å². The quantitative estimate of drug-likeness (QED) is 0.127. The maximum atomic E-state index is 14.6. The average molecular weight is 775 g/mol. The fraction of sp³-hybridized carbons (Fsp3) is 0.250. The highest BCUT2D eigenvalue weighted by Crippen LogP contribution is 2.41. The molecule has 0 aliphatic heterocycles. The van der Waals surface area contributed by atoms with Crippen LogP contribution < -0.4 is 19.9 Å². The van der Waals surface area contributed by atoms with Crippen LogP contribution in [-0.4, -0.2) is 85.6 Å². The van der Waals surface area contributed by atoms with Crippen LogP contribution in [0.2, 0.25) is 0 Å². The van der Waals surface area contributed by atoms with Gasteiger partial charge in [0.2, 0.25) is 21.7 Å². The Morgan fingerprint density at radius 1 is 0.907 bits per heavy atom. The first kappa shape index (κ1) is 38.0. The number of sulfone groups is 1. The topological polar surface area (TPSA) is 223 Å². The number of fused-ring (bicyclic) bond motifs is 1. The average Bonchev–Trinajstić information content (AvgIpc) is 3.81. The molecule has 2 heterocycles. The standard InChI is InChI=1S/C36H38N8O8S2/c1-5-52-36(45)35-39-29-8-6-7-28(32(29)40-35)27-17-18-30(53(46,47)21-22(2)37)33(54(48,49)38-19-23-9-13-25(50-3)14-10-23)31(27)34-41-43-44(42-34)20-24-11-15-26(51-4)16-12-24/h6-18,22,38H,5,19-21,37H2,1-4H3,(H,39,40)/t22-/m0/s1. The number of nitrogens with one attached hydrogen (secondary N) is 2. The van der Waals surface area contributed by atoms with Crippen molar-refractivity contribution in [3.63, 3.8) is 0 Å². The van der Waals surface area contributed by atoms with Gasteiger partial charge in [0, 0.05) is 18.2 Å². The molecule has 0 radical (unpaired) electrons. The van der Waals surface area contributed by atoms with Crippen LogP contribution in [0.15, 0.2) is 88.7 Å². The molecule has 54 heavy (non-hydrogen) atoms. The number of benzene rings is 4. The van der Waals surface area contributed by atoms with Crippen molar-refractivity contribution in [3.8, 4) is 34.0 Å². The highest BCUT2D eigenvalue weighted by Gasteiger charge is 2.35. The van der Waals surface area contributed by atoms with Gasteiger partial charge < -0.3 is 24.9 Å². The largest absolute Gasteiger partial charge is 0.497 e. The van der Waals surface area contributed by atoms with Gasteiger partial charge in [0.15, 0.2) is 9.84 Å². The Bertz CT molecular complexity index is 2520. The number of para-hydroxylation sites is 1. The van der Waals surface area contributed by atoms with Gasteiger partial charge in [-0.25, -0.2) is 31.3 Å². The Morgan fingerprint density at radius 3 is 2.20 bits per heavy atom. The van der Waals surface area contributed by atoms with Crippen molar-refractivity contribution in [1.29, 1.82) is 0 Å². The smallest absolute Gasteiger partial charge is 0.374 e. The van der Waals surface area contributed by atoms with E-state index in [2.05, 4.69) is 30.1 Å². The Hall–Kier alpha value is -5.69. The molecule has 0 saturated heterocycles. The first-order valence-electron chi connectivity index (χ1n) is 16.7. The van der Waals surface area contributed by atoms with E-state index in [4.69, 9.17) is 19.9 Å². The number of aromatic nitrogens is 6. The van der Waals surface area contributed by atoms with E-state index in [1.54, 1.807) is 68.6 Å². The number of carbonyl (C=O) groups excluding carboxylic acids is 1. The summed E-state index contributed by atoms with van der Waals surface area (Å²) in [6.45, 7) is 3.24. The van der Waals surface area contributed by atoms with E-state index in [-0.39, 0.29) is 48.0 Å². The number of hydrogen-bond donors (Lipinski definition) is 3. The van der Waals surface area contributed by atoms with Gasteiger partial charge in [0.05, 0.1) is 54.6 Å². The summed E-state index contributed by atoms with van der Waals surface area (Å²) in [5.74, 6) is -0.276. The van der Waals surface area contributed by atoms with E-state index in [9.17, 15) is 21.6 Å². The number of imidazole rings is 1. The van der Waals surface area contributed by atoms with Gasteiger partial charge in [0.25, 0.3) is 0 Å². The van der Waals surface area contributed by atoms with Crippen molar-refractivity contribution in [2.24, 2.45) is 5.73 Å². The van der Waals surface area contributed by atoms with E-state index >= 15 is 0 Å². The van der Waals surface area contributed by atoms with Gasteiger partial charge in [-0.15, -0.1) is 10.2 Å². The zero-order valence-corrected chi connectivity index (χ0v) is 31.4. The number of H-pyrrole nitrogens is 1. The molecule has 0 bridgehead atoms. The van der Waals surface area contributed by atoms with Gasteiger partial charge in [-0.3, -0.25) is 0 Å². The summed E-state index contributed by atoms with van der Waals surface area (Å²) in [7, 11) is -5.96. The third kappa shape index (κ3) is 8.10. The molecule has 0 aliphatic rings. The summed E-state index contributed by atoms with van der Waals surface area (Å²) in [6, 6.07) is 20.8. The third-order valence-electron chi connectivity index (χ3n) is 8.26. The van der Waals surface area contributed by atoms with Crippen LogP contribution in [-0.2, 0) is 37.7 Å². The monoisotopic (exact) mass is 774 g/mol. The molecule has 4 N–H and O–H groups in total. The molecule has 0 spiro atoms. The molecule has 0 unspecified atom stereocenters. The molecule has 0 fully saturated rings. The second kappa shape index (κ2) is 15.7. The zero-order chi connectivity index (χ0) is 38.6. The van der Waals surface area contributed by atoms with Crippen LogP contribution in [0.1, 0.15) is 35.6 Å². The van der Waals surface area contributed by atoms with Gasteiger partial charge in [-0.2, -0.15) is 4.80 Å². The lowest BCUT2D eigenvalue weighted by molar-refractivity contribution is 0.0513. The number of hydrogen-bond acceptors (Lipinski definition) is 13. The van der Waals surface area contributed by atoms with Crippen LogP contribution in [0.5, 0.6) is 11.5 Å². The molecular formula is C36H38N8O8S2. The van der Waals surface area contributed by atoms with Crippen LogP contribution >= 0.6 is 0 Å². The Balaban J connectivity index is 1.59. The molecular weight excluding hydrogens is 737 g/mol. The van der Waals surface area contributed by atoms with Crippen molar-refractivity contribution in [3.05, 3.63) is 95.8 Å². The summed E-state index contributed by atoms with van der Waals surface area (Å²) in [5, 5.41) is 13.1. The summed E-state index contributed by atoms with van der Waals surface area (Å²) >= 11 is 0. The number of nitrogens with two attached hydrogens (primary N) is 1. The maximum Gasteiger partial charge on any atom is 0.374 e. The first-order valence-corrected chi connectivity index (χ1v) is 19.8. The molecule has 0 saturated carbocycles. The fourth-order valence-corrected chi connectivity index (χ4v) is 9.35. The second-order valence-electron chi connectivity index (χ2n) is 12.2. The van der Waals surface area contributed by atoms with Crippen LogP contribution in [0.3, 0.4) is 0 Å². The number of rotatable bonds is 15. The molecule has 6 aromatic rings. The van der Waals surface area contributed by atoms with Gasteiger partial charge in [-0.05, 0) is 72.1 Å². The molecule has 6 rings (SSSR count). The Morgan fingerprint density at radius 2 is 1.57 bits per heavy atom. The molecule has 282 valence electrons. The summed E-state index contributed by atoms with van der Waals surface area (Å²) in [5.41, 5.74) is 8.45. The van der Waals surface area contributed by atoms with Gasteiger partial charge in [-0.1, -0.05) is 42.5 Å². The van der Waals surface area contributed by atoms with E-state index in [0.717, 1.165) is 5.56 Å². The minimum absolute atomic E-state index is 0.0745. The van der Waals surface area contributed by atoms with Crippen molar-refractivity contribution in [2.75, 3.05) is 26.6 Å². The maximum absolute atomic E-state index is 14.6. The number of methoxy groups -OCH3 is 2. The highest BCUT2D eigenvalue weighted by atomic mass is 32.2. The third-order valence-corrected chi connectivity index (χ3v) is 11.9. The van der Waals surface area contributed by atoms with E-state index < -0.39 is 47.4 Å². The molecule has 16 nitrogen and oxygen atoms in total. The fourth-order valence-electron chi connectivity index (χ4n) is 5.80. The molecule has 0 amide bonds. The van der Waals surface area contributed by atoms with Gasteiger partial charge in [0.1, 0.15) is 16.4 Å². The number of ether oxygens (including phenoxy) is 3. The number of nitrogens with zero attached hydrogens (tertiary/aromatic N) is 5. The zero-order valence-electron chi connectivity index (χ0n) is 29.8. The summed E-state index contributed by atoms with van der Waals surface area (Å²) in [4.78, 5) is 20.3. The number of carbonyl (C=O) groups is 1. The second-order valence-corrected chi connectivity index (χ2v) is 16.0. The minimum Gasteiger partial charge on any atom is -0.497 e. The van der Waals surface area contributed by atoms with Crippen molar-refractivity contribution in [2.45, 2.75) is 42.8 Å². The summed E-state index contributed by atoms with van der Waals surface area (Å²) < 4.78 is 75.5. The number of aromatic amines is 1. The highest BCUT2D eigenvalue weighted by molar-refractivity contribution is 7.93. The molecule has 4 aromatic carbocycles. The normalized spacial score (nSPS) is 12.5. The molecule has 1 atom stereocenters. The number of tetrazole rings is 1. The predicted octanol–water partition coefficient (Wildman–Crippen LogP) is 3.73. The SMILES string of the molecule is CCOC(=O)c1nc2c(-c3ccc(S(=O)(=O)C[C@H](C)N)c(S(=O)(=O)NCc4ccc(OC)cc4)c3-c3nnn(Cc4ccc(OC)cc4)n3)cccc2[nH]1. The molecule has 0 aliphatic carbocycles. The Kier molecular flexibility index (Phi) is 11.1. The molecule has 18 heteroatoms. The Labute approximate surface area is 311 Å². The van der Waals surface area contributed by atoms with E-state index in [1.165, 1.54) is 31.0 Å². The predicted molar refractivity (Wildman–Crippen MR) is 199 cm³/mol.